The highest BCUT2D eigenvalue weighted by Crippen LogP contribution is 2.32. The Balaban J connectivity index is 2.22. The van der Waals surface area contributed by atoms with Gasteiger partial charge < -0.3 is 4.90 Å². The number of hydrogen-bond donors (Lipinski definition) is 0. The van der Waals surface area contributed by atoms with E-state index < -0.39 is 0 Å². The number of carbonyl (C=O) groups is 1. The van der Waals surface area contributed by atoms with Crippen LogP contribution in [-0.2, 0) is 4.79 Å². The van der Waals surface area contributed by atoms with Crippen LogP contribution in [0.25, 0.3) is 0 Å². The van der Waals surface area contributed by atoms with Crippen molar-refractivity contribution in [2.24, 2.45) is 0 Å². The predicted octanol–water partition coefficient (Wildman–Crippen LogP) is 3.13. The van der Waals surface area contributed by atoms with Crippen molar-refractivity contribution in [3.63, 3.8) is 0 Å². The maximum Gasteiger partial charge on any atom is 0.219 e. The summed E-state index contributed by atoms with van der Waals surface area (Å²) in [5.74, 6) is 0.181. The van der Waals surface area contributed by atoms with Crippen LogP contribution in [-0.4, -0.2) is 17.4 Å². The van der Waals surface area contributed by atoms with Crippen molar-refractivity contribution in [1.29, 1.82) is 0 Å². The van der Waals surface area contributed by atoms with E-state index in [-0.39, 0.29) is 11.9 Å². The molecule has 1 heterocycles. The van der Waals surface area contributed by atoms with Crippen LogP contribution in [0, 0.1) is 0 Å². The molecular formula is C12H14BrNO. The lowest BCUT2D eigenvalue weighted by molar-refractivity contribution is -0.129. The fourth-order valence-corrected chi connectivity index (χ4v) is 2.44. The van der Waals surface area contributed by atoms with Gasteiger partial charge in [0.05, 0.1) is 6.04 Å². The third-order valence-corrected chi connectivity index (χ3v) is 3.44. The van der Waals surface area contributed by atoms with Crippen molar-refractivity contribution in [2.45, 2.75) is 25.8 Å². The zero-order valence-corrected chi connectivity index (χ0v) is 10.3. The van der Waals surface area contributed by atoms with Gasteiger partial charge in [-0.2, -0.15) is 0 Å². The van der Waals surface area contributed by atoms with Crippen molar-refractivity contribution < 1.29 is 4.79 Å². The van der Waals surface area contributed by atoms with Crippen LogP contribution in [0.5, 0.6) is 0 Å². The number of amides is 1. The van der Waals surface area contributed by atoms with Crippen LogP contribution in [0.4, 0.5) is 0 Å². The molecule has 0 unspecified atom stereocenters. The SMILES string of the molecule is CC(=O)N1CCC[C@@H]1c1ccc(Br)cc1. The second-order valence-corrected chi connectivity index (χ2v) is 4.84. The summed E-state index contributed by atoms with van der Waals surface area (Å²) in [6.45, 7) is 2.55. The molecule has 1 aliphatic heterocycles. The number of benzene rings is 1. The fourth-order valence-electron chi connectivity index (χ4n) is 2.18. The molecule has 0 aliphatic carbocycles. The quantitative estimate of drug-likeness (QED) is 0.766. The van der Waals surface area contributed by atoms with E-state index in [9.17, 15) is 4.79 Å². The first-order chi connectivity index (χ1) is 7.18. The monoisotopic (exact) mass is 267 g/mol. The molecule has 2 nitrogen and oxygen atoms in total. The van der Waals surface area contributed by atoms with Crippen LogP contribution in [0.15, 0.2) is 28.7 Å². The van der Waals surface area contributed by atoms with Crippen molar-refractivity contribution in [3.05, 3.63) is 34.3 Å². The molecule has 0 bridgehead atoms. The molecule has 1 amide bonds. The molecule has 1 aromatic carbocycles. The third-order valence-electron chi connectivity index (χ3n) is 2.91. The lowest BCUT2D eigenvalue weighted by atomic mass is 10.0. The smallest absolute Gasteiger partial charge is 0.219 e. The van der Waals surface area contributed by atoms with Crippen molar-refractivity contribution in [2.75, 3.05) is 6.54 Å². The molecule has 0 N–H and O–H groups in total. The molecule has 1 aromatic rings. The summed E-state index contributed by atoms with van der Waals surface area (Å²) in [5, 5.41) is 0. The number of hydrogen-bond acceptors (Lipinski definition) is 1. The summed E-state index contributed by atoms with van der Waals surface area (Å²) >= 11 is 3.42. The number of likely N-dealkylation sites (tertiary alicyclic amines) is 1. The highest BCUT2D eigenvalue weighted by Gasteiger charge is 2.27. The van der Waals surface area contributed by atoms with E-state index in [2.05, 4.69) is 28.1 Å². The average molecular weight is 268 g/mol. The maximum atomic E-state index is 11.4. The van der Waals surface area contributed by atoms with Gasteiger partial charge in [0.1, 0.15) is 0 Å². The van der Waals surface area contributed by atoms with Gasteiger partial charge >= 0.3 is 0 Å². The molecule has 1 saturated heterocycles. The Bertz CT molecular complexity index is 360. The van der Waals surface area contributed by atoms with Crippen LogP contribution < -0.4 is 0 Å². The first kappa shape index (κ1) is 10.7. The Kier molecular flexibility index (Phi) is 3.10. The van der Waals surface area contributed by atoms with E-state index >= 15 is 0 Å². The first-order valence-corrected chi connectivity index (χ1v) is 6.00. The zero-order valence-electron chi connectivity index (χ0n) is 8.74. The van der Waals surface area contributed by atoms with Gasteiger partial charge in [-0.15, -0.1) is 0 Å². The highest BCUT2D eigenvalue weighted by molar-refractivity contribution is 9.10. The minimum absolute atomic E-state index is 0.181. The number of rotatable bonds is 1. The molecule has 3 heteroatoms. The Hall–Kier alpha value is -0.830. The standard InChI is InChI=1S/C12H14BrNO/c1-9(15)14-8-2-3-12(14)10-4-6-11(13)7-5-10/h4-7,12H,2-3,8H2,1H3/t12-/m1/s1. The van der Waals surface area contributed by atoms with Crippen molar-refractivity contribution in [1.82, 2.24) is 4.90 Å². The van der Waals surface area contributed by atoms with Crippen LogP contribution in [0.1, 0.15) is 31.4 Å². The highest BCUT2D eigenvalue weighted by atomic mass is 79.9. The van der Waals surface area contributed by atoms with E-state index in [0.29, 0.717) is 0 Å². The predicted molar refractivity (Wildman–Crippen MR) is 63.5 cm³/mol. The third kappa shape index (κ3) is 2.23. The molecular weight excluding hydrogens is 254 g/mol. The van der Waals surface area contributed by atoms with E-state index in [1.165, 1.54) is 5.56 Å². The zero-order chi connectivity index (χ0) is 10.8. The summed E-state index contributed by atoms with van der Waals surface area (Å²) < 4.78 is 1.08. The second-order valence-electron chi connectivity index (χ2n) is 3.92. The summed E-state index contributed by atoms with van der Waals surface area (Å²) in [4.78, 5) is 13.4. The Morgan fingerprint density at radius 2 is 2.07 bits per heavy atom. The lowest BCUT2D eigenvalue weighted by Gasteiger charge is -2.23. The van der Waals surface area contributed by atoms with Gasteiger partial charge in [-0.05, 0) is 30.5 Å². The first-order valence-electron chi connectivity index (χ1n) is 5.21. The molecule has 0 aromatic heterocycles. The number of nitrogens with zero attached hydrogens (tertiary/aromatic N) is 1. The minimum Gasteiger partial charge on any atom is -0.336 e. The summed E-state index contributed by atoms with van der Waals surface area (Å²) in [6, 6.07) is 8.54. The van der Waals surface area contributed by atoms with E-state index in [0.717, 1.165) is 23.9 Å². The summed E-state index contributed by atoms with van der Waals surface area (Å²) in [6.07, 6.45) is 2.20. The van der Waals surface area contributed by atoms with Gasteiger partial charge in [-0.1, -0.05) is 28.1 Å². The Labute approximate surface area is 98.4 Å². The van der Waals surface area contributed by atoms with Crippen LogP contribution >= 0.6 is 15.9 Å². The molecule has 1 atom stereocenters. The maximum absolute atomic E-state index is 11.4. The molecule has 0 radical (unpaired) electrons. The fraction of sp³-hybridized carbons (Fsp3) is 0.417. The Morgan fingerprint density at radius 1 is 1.40 bits per heavy atom. The number of halogens is 1. The topological polar surface area (TPSA) is 20.3 Å². The van der Waals surface area contributed by atoms with Gasteiger partial charge in [0.2, 0.25) is 5.91 Å². The molecule has 15 heavy (non-hydrogen) atoms. The summed E-state index contributed by atoms with van der Waals surface area (Å²) in [7, 11) is 0. The van der Waals surface area contributed by atoms with Crippen molar-refractivity contribution in [3.8, 4) is 0 Å². The van der Waals surface area contributed by atoms with Crippen molar-refractivity contribution >= 4 is 21.8 Å². The molecule has 0 saturated carbocycles. The Morgan fingerprint density at radius 3 is 2.67 bits per heavy atom. The molecule has 1 fully saturated rings. The van der Waals surface area contributed by atoms with Gasteiger partial charge in [0.25, 0.3) is 0 Å². The van der Waals surface area contributed by atoms with E-state index in [1.807, 2.05) is 17.0 Å². The lowest BCUT2D eigenvalue weighted by Crippen LogP contribution is -2.27. The van der Waals surface area contributed by atoms with Gasteiger partial charge in [-0.25, -0.2) is 0 Å². The van der Waals surface area contributed by atoms with E-state index in [1.54, 1.807) is 6.92 Å². The molecule has 1 aliphatic rings. The number of carbonyl (C=O) groups excluding carboxylic acids is 1. The van der Waals surface area contributed by atoms with Gasteiger partial charge in [0.15, 0.2) is 0 Å². The molecule has 2 rings (SSSR count). The van der Waals surface area contributed by atoms with Crippen LogP contribution in [0.2, 0.25) is 0 Å². The average Bonchev–Trinajstić information content (AvgIpc) is 2.67. The largest absolute Gasteiger partial charge is 0.336 e. The molecule has 80 valence electrons. The normalized spacial score (nSPS) is 20.7. The van der Waals surface area contributed by atoms with Crippen LogP contribution in [0.3, 0.4) is 0 Å². The summed E-state index contributed by atoms with van der Waals surface area (Å²) in [5.41, 5.74) is 1.24. The van der Waals surface area contributed by atoms with Gasteiger partial charge in [-0.3, -0.25) is 4.79 Å². The molecule has 0 spiro atoms. The van der Waals surface area contributed by atoms with Gasteiger partial charge in [0, 0.05) is 17.9 Å². The minimum atomic E-state index is 0.181. The second kappa shape index (κ2) is 4.35. The van der Waals surface area contributed by atoms with E-state index in [4.69, 9.17) is 0 Å².